The van der Waals surface area contributed by atoms with E-state index in [0.717, 1.165) is 22.9 Å². The molecule has 0 aliphatic rings. The van der Waals surface area contributed by atoms with Crippen LogP contribution in [0.15, 0.2) is 52.7 Å². The predicted molar refractivity (Wildman–Crippen MR) is 113 cm³/mol. The number of fused-ring (bicyclic) bond motifs is 1. The summed E-state index contributed by atoms with van der Waals surface area (Å²) in [5.74, 6) is 0.476. The lowest BCUT2D eigenvalue weighted by Gasteiger charge is -2.18. The number of para-hydroxylation sites is 1. The first-order valence-corrected chi connectivity index (χ1v) is 10.8. The topological polar surface area (TPSA) is 90.4 Å². The van der Waals surface area contributed by atoms with Crippen LogP contribution in [0.25, 0.3) is 10.9 Å². The van der Waals surface area contributed by atoms with Crippen molar-refractivity contribution < 1.29 is 8.42 Å². The lowest BCUT2D eigenvalue weighted by molar-refractivity contribution is 0.445. The van der Waals surface area contributed by atoms with Gasteiger partial charge in [0.2, 0.25) is 10.0 Å². The smallest absolute Gasteiger partial charge is 0.244 e. The zero-order valence-electron chi connectivity index (χ0n) is 16.3. The van der Waals surface area contributed by atoms with Gasteiger partial charge < -0.3 is 4.98 Å². The fourth-order valence-electron chi connectivity index (χ4n) is 3.12. The molecule has 2 aromatic heterocycles. The van der Waals surface area contributed by atoms with Crippen LogP contribution < -0.4 is 5.43 Å². The van der Waals surface area contributed by atoms with Gasteiger partial charge in [-0.1, -0.05) is 39.0 Å². The largest absolute Gasteiger partial charge is 0.360 e. The molecule has 148 valence electrons. The molecule has 0 fully saturated rings. The number of sulfonamides is 1. The number of aryl methyl sites for hydroxylation is 1. The van der Waals surface area contributed by atoms with Crippen LogP contribution in [0.3, 0.4) is 0 Å². The molecule has 0 amide bonds. The van der Waals surface area contributed by atoms with Crippen molar-refractivity contribution >= 4 is 33.0 Å². The summed E-state index contributed by atoms with van der Waals surface area (Å²) in [7, 11) is -3.50. The summed E-state index contributed by atoms with van der Waals surface area (Å²) >= 11 is 0. The first-order valence-electron chi connectivity index (χ1n) is 9.35. The number of hydrogen-bond acceptors (Lipinski definition) is 5. The van der Waals surface area contributed by atoms with Gasteiger partial charge in [0.25, 0.3) is 0 Å². The molecule has 28 heavy (non-hydrogen) atoms. The van der Waals surface area contributed by atoms with E-state index in [-0.39, 0.29) is 4.90 Å². The molecule has 0 aliphatic heterocycles. The number of hydrogen-bond donors (Lipinski definition) is 2. The molecule has 0 bridgehead atoms. The first-order chi connectivity index (χ1) is 13.5. The number of aromatic nitrogens is 2. The van der Waals surface area contributed by atoms with Gasteiger partial charge in [0, 0.05) is 41.9 Å². The van der Waals surface area contributed by atoms with Crippen LogP contribution in [-0.4, -0.2) is 42.0 Å². The van der Waals surface area contributed by atoms with E-state index in [1.807, 2.05) is 26.1 Å². The lowest BCUT2D eigenvalue weighted by atomic mass is 10.1. The van der Waals surface area contributed by atoms with Gasteiger partial charge >= 0.3 is 0 Å². The summed E-state index contributed by atoms with van der Waals surface area (Å²) in [6.45, 7) is 6.60. The Bertz CT molecular complexity index is 1070. The average Bonchev–Trinajstić information content (AvgIpc) is 3.12. The number of pyridine rings is 1. The first kappa shape index (κ1) is 20.0. The number of hydrazone groups is 1. The second-order valence-corrected chi connectivity index (χ2v) is 8.21. The average molecular weight is 400 g/mol. The highest BCUT2D eigenvalue weighted by molar-refractivity contribution is 7.89. The maximum atomic E-state index is 12.5. The Morgan fingerprint density at radius 1 is 1.18 bits per heavy atom. The summed E-state index contributed by atoms with van der Waals surface area (Å²) in [5, 5.41) is 5.34. The molecule has 0 unspecified atom stereocenters. The zero-order chi connectivity index (χ0) is 20.1. The molecule has 3 rings (SSSR count). The molecule has 7 nitrogen and oxygen atoms in total. The quantitative estimate of drug-likeness (QED) is 0.447. The third kappa shape index (κ3) is 3.93. The summed E-state index contributed by atoms with van der Waals surface area (Å²) in [5.41, 5.74) is 6.20. The van der Waals surface area contributed by atoms with Crippen molar-refractivity contribution in [2.45, 2.75) is 32.1 Å². The van der Waals surface area contributed by atoms with Crippen LogP contribution in [-0.2, 0) is 16.4 Å². The van der Waals surface area contributed by atoms with Crippen LogP contribution in [0.2, 0.25) is 0 Å². The van der Waals surface area contributed by atoms with Crippen molar-refractivity contribution in [3.05, 3.63) is 53.9 Å². The summed E-state index contributed by atoms with van der Waals surface area (Å²) < 4.78 is 26.4. The van der Waals surface area contributed by atoms with Gasteiger partial charge in [0.05, 0.1) is 6.21 Å². The predicted octanol–water partition coefficient (Wildman–Crippen LogP) is 3.60. The van der Waals surface area contributed by atoms with E-state index < -0.39 is 10.0 Å². The standard InChI is InChI=1S/C20H25N5O2S/c1-4-15-8-7-9-18-16(12-22-20(15)18)13-23-24-19-11-10-17(14-21-19)28(26,27)25(5-2)6-3/h7-14,22H,4-6H2,1-3H3,(H,21,24)/b23-13+. The van der Waals surface area contributed by atoms with Crippen LogP contribution in [0, 0.1) is 0 Å². The van der Waals surface area contributed by atoms with Gasteiger partial charge in [-0.3, -0.25) is 5.43 Å². The number of aromatic amines is 1. The maximum absolute atomic E-state index is 12.5. The Balaban J connectivity index is 1.74. The minimum Gasteiger partial charge on any atom is -0.360 e. The highest BCUT2D eigenvalue weighted by atomic mass is 32.2. The second kappa shape index (κ2) is 8.53. The van der Waals surface area contributed by atoms with E-state index >= 15 is 0 Å². The molecule has 2 N–H and O–H groups in total. The normalized spacial score (nSPS) is 12.3. The van der Waals surface area contributed by atoms with Crippen LogP contribution in [0.1, 0.15) is 31.9 Å². The minimum atomic E-state index is -3.50. The van der Waals surface area contributed by atoms with Crippen LogP contribution in [0.4, 0.5) is 5.82 Å². The van der Waals surface area contributed by atoms with Crippen molar-refractivity contribution in [1.82, 2.24) is 14.3 Å². The van der Waals surface area contributed by atoms with Crippen molar-refractivity contribution in [3.63, 3.8) is 0 Å². The van der Waals surface area contributed by atoms with E-state index in [0.29, 0.717) is 18.9 Å². The Kier molecular flexibility index (Phi) is 6.11. The zero-order valence-corrected chi connectivity index (χ0v) is 17.1. The Labute approximate surface area is 165 Å². The van der Waals surface area contributed by atoms with Gasteiger partial charge in [-0.2, -0.15) is 9.41 Å². The van der Waals surface area contributed by atoms with E-state index in [4.69, 9.17) is 0 Å². The molecule has 1 aromatic carbocycles. The minimum absolute atomic E-state index is 0.175. The van der Waals surface area contributed by atoms with Crippen molar-refractivity contribution in [3.8, 4) is 0 Å². The molecule has 0 radical (unpaired) electrons. The lowest BCUT2D eigenvalue weighted by Crippen LogP contribution is -2.30. The molecule has 0 atom stereocenters. The molecule has 0 aliphatic carbocycles. The van der Waals surface area contributed by atoms with Gasteiger partial charge in [-0.15, -0.1) is 0 Å². The number of anilines is 1. The third-order valence-electron chi connectivity index (χ3n) is 4.68. The van der Waals surface area contributed by atoms with Crippen molar-refractivity contribution in [2.75, 3.05) is 18.5 Å². The number of H-pyrrole nitrogens is 1. The Morgan fingerprint density at radius 3 is 2.61 bits per heavy atom. The molecular formula is C20H25N5O2S. The second-order valence-electron chi connectivity index (χ2n) is 6.28. The maximum Gasteiger partial charge on any atom is 0.244 e. The number of nitrogens with zero attached hydrogens (tertiary/aromatic N) is 3. The van der Waals surface area contributed by atoms with Gasteiger partial charge in [0.15, 0.2) is 0 Å². The Hall–Kier alpha value is -2.71. The number of nitrogens with one attached hydrogen (secondary N) is 2. The number of rotatable bonds is 8. The molecule has 0 saturated heterocycles. The van der Waals surface area contributed by atoms with Gasteiger partial charge in [0.1, 0.15) is 10.7 Å². The highest BCUT2D eigenvalue weighted by Gasteiger charge is 2.21. The SMILES string of the molecule is CCc1cccc2c(/C=N/Nc3ccc(S(=O)(=O)N(CC)CC)cn3)c[nH]c12. The van der Waals surface area contributed by atoms with Crippen molar-refractivity contribution in [2.24, 2.45) is 5.10 Å². The fraction of sp³-hybridized carbons (Fsp3) is 0.300. The molecule has 0 saturated carbocycles. The molecule has 3 aromatic rings. The van der Waals surface area contributed by atoms with Crippen LogP contribution >= 0.6 is 0 Å². The molecule has 2 heterocycles. The summed E-state index contributed by atoms with van der Waals surface area (Å²) in [6, 6.07) is 9.35. The monoisotopic (exact) mass is 399 g/mol. The van der Waals surface area contributed by atoms with E-state index in [9.17, 15) is 8.42 Å². The van der Waals surface area contributed by atoms with Crippen molar-refractivity contribution in [1.29, 1.82) is 0 Å². The number of benzene rings is 1. The van der Waals surface area contributed by atoms with E-state index in [1.165, 1.54) is 22.1 Å². The Morgan fingerprint density at radius 2 is 1.96 bits per heavy atom. The summed E-state index contributed by atoms with van der Waals surface area (Å²) in [6.07, 6.45) is 5.95. The molecule has 8 heteroatoms. The summed E-state index contributed by atoms with van der Waals surface area (Å²) in [4.78, 5) is 7.64. The van der Waals surface area contributed by atoms with Gasteiger partial charge in [-0.25, -0.2) is 13.4 Å². The third-order valence-corrected chi connectivity index (χ3v) is 6.71. The van der Waals surface area contributed by atoms with E-state index in [1.54, 1.807) is 12.3 Å². The van der Waals surface area contributed by atoms with Gasteiger partial charge in [-0.05, 0) is 24.1 Å². The molecule has 0 spiro atoms. The fourth-order valence-corrected chi connectivity index (χ4v) is 4.52. The van der Waals surface area contributed by atoms with E-state index in [2.05, 4.69) is 39.6 Å². The molecular weight excluding hydrogens is 374 g/mol. The van der Waals surface area contributed by atoms with Crippen LogP contribution in [0.5, 0.6) is 0 Å². The highest BCUT2D eigenvalue weighted by Crippen LogP contribution is 2.21.